The second kappa shape index (κ2) is 6.41. The van der Waals surface area contributed by atoms with Crippen molar-refractivity contribution in [1.29, 1.82) is 0 Å². The highest BCUT2D eigenvalue weighted by atomic mass is 32.2. The first kappa shape index (κ1) is 15.7. The molecule has 2 aromatic carbocycles. The monoisotopic (exact) mass is 303 g/mol. The van der Waals surface area contributed by atoms with Crippen molar-refractivity contribution in [3.05, 3.63) is 65.7 Å². The van der Waals surface area contributed by atoms with Crippen molar-refractivity contribution in [2.24, 2.45) is 0 Å². The molecule has 0 N–H and O–H groups in total. The average molecular weight is 303 g/mol. The zero-order valence-electron chi connectivity index (χ0n) is 12.7. The van der Waals surface area contributed by atoms with Crippen molar-refractivity contribution in [2.75, 3.05) is 13.3 Å². The highest BCUT2D eigenvalue weighted by Gasteiger charge is 2.13. The minimum atomic E-state index is -3.13. The molecular weight excluding hydrogens is 282 g/mol. The van der Waals surface area contributed by atoms with Crippen LogP contribution >= 0.6 is 0 Å². The molecule has 0 unspecified atom stereocenters. The minimum absolute atomic E-state index is 0.221. The fourth-order valence-corrected chi connectivity index (χ4v) is 2.89. The molecule has 0 amide bonds. The molecule has 0 aliphatic heterocycles. The molecule has 2 rings (SSSR count). The van der Waals surface area contributed by atoms with Gasteiger partial charge in [-0.3, -0.25) is 4.90 Å². The molecule has 4 heteroatoms. The molecule has 0 fully saturated rings. The molecule has 0 aliphatic carbocycles. The smallest absolute Gasteiger partial charge is 0.175 e. The van der Waals surface area contributed by atoms with Gasteiger partial charge in [-0.25, -0.2) is 8.42 Å². The second-order valence-corrected chi connectivity index (χ2v) is 7.43. The Morgan fingerprint density at radius 1 is 1.00 bits per heavy atom. The van der Waals surface area contributed by atoms with Gasteiger partial charge in [-0.1, -0.05) is 42.5 Å². The van der Waals surface area contributed by atoms with E-state index in [0.29, 0.717) is 4.90 Å². The summed E-state index contributed by atoms with van der Waals surface area (Å²) in [4.78, 5) is 2.61. The van der Waals surface area contributed by atoms with E-state index < -0.39 is 9.84 Å². The van der Waals surface area contributed by atoms with Crippen molar-refractivity contribution < 1.29 is 8.42 Å². The van der Waals surface area contributed by atoms with E-state index in [1.165, 1.54) is 11.8 Å². The first-order chi connectivity index (χ1) is 9.88. The summed E-state index contributed by atoms with van der Waals surface area (Å²) in [6.45, 7) is 2.98. The van der Waals surface area contributed by atoms with Gasteiger partial charge in [0.2, 0.25) is 0 Å². The third-order valence-corrected chi connectivity index (χ3v) is 4.86. The molecule has 2 aromatic rings. The van der Waals surface area contributed by atoms with E-state index in [2.05, 4.69) is 31.0 Å². The molecule has 112 valence electrons. The number of hydrogen-bond acceptors (Lipinski definition) is 3. The van der Waals surface area contributed by atoms with Gasteiger partial charge in [-0.15, -0.1) is 0 Å². The fourth-order valence-electron chi connectivity index (χ4n) is 2.26. The van der Waals surface area contributed by atoms with Crippen molar-refractivity contribution in [3.8, 4) is 0 Å². The molecule has 0 saturated carbocycles. The zero-order valence-corrected chi connectivity index (χ0v) is 13.5. The van der Waals surface area contributed by atoms with Crippen LogP contribution in [0.2, 0.25) is 0 Å². The molecule has 0 aliphatic rings. The summed E-state index contributed by atoms with van der Waals surface area (Å²) >= 11 is 0. The summed E-state index contributed by atoms with van der Waals surface area (Å²) in [6.07, 6.45) is 1.23. The summed E-state index contributed by atoms with van der Waals surface area (Å²) in [5.74, 6) is 0. The largest absolute Gasteiger partial charge is 0.295 e. The van der Waals surface area contributed by atoms with Gasteiger partial charge in [-0.05, 0) is 37.2 Å². The Kier molecular flexibility index (Phi) is 4.80. The van der Waals surface area contributed by atoms with E-state index in [9.17, 15) is 8.42 Å². The molecule has 0 bridgehead atoms. The highest BCUT2D eigenvalue weighted by Crippen LogP contribution is 2.22. The summed E-state index contributed by atoms with van der Waals surface area (Å²) in [5, 5.41) is 0. The normalized spacial score (nSPS) is 13.3. The molecule has 21 heavy (non-hydrogen) atoms. The van der Waals surface area contributed by atoms with E-state index >= 15 is 0 Å². The lowest BCUT2D eigenvalue weighted by atomic mass is 10.1. The van der Waals surface area contributed by atoms with Crippen LogP contribution in [0, 0.1) is 0 Å². The van der Waals surface area contributed by atoms with Crippen LogP contribution in [0.25, 0.3) is 0 Å². The lowest BCUT2D eigenvalue weighted by molar-refractivity contribution is 0.253. The number of nitrogens with zero attached hydrogens (tertiary/aromatic N) is 1. The highest BCUT2D eigenvalue weighted by molar-refractivity contribution is 7.90. The molecule has 0 heterocycles. The van der Waals surface area contributed by atoms with Crippen LogP contribution in [0.1, 0.15) is 24.1 Å². The van der Waals surface area contributed by atoms with Gasteiger partial charge in [0.15, 0.2) is 9.84 Å². The van der Waals surface area contributed by atoms with Gasteiger partial charge in [0.05, 0.1) is 4.90 Å². The summed E-state index contributed by atoms with van der Waals surface area (Å²) in [5.41, 5.74) is 2.38. The molecule has 0 saturated heterocycles. The minimum Gasteiger partial charge on any atom is -0.295 e. The Morgan fingerprint density at radius 2 is 1.57 bits per heavy atom. The van der Waals surface area contributed by atoms with Crippen molar-refractivity contribution in [3.63, 3.8) is 0 Å². The Bertz CT molecular complexity index is 678. The molecular formula is C17H21NO2S. The predicted octanol–water partition coefficient (Wildman–Crippen LogP) is 3.28. The van der Waals surface area contributed by atoms with Crippen molar-refractivity contribution in [1.82, 2.24) is 4.90 Å². The van der Waals surface area contributed by atoms with Crippen LogP contribution in [0.5, 0.6) is 0 Å². The number of sulfone groups is 1. The van der Waals surface area contributed by atoms with E-state index in [1.807, 2.05) is 30.3 Å². The van der Waals surface area contributed by atoms with Gasteiger partial charge in [0.1, 0.15) is 0 Å². The van der Waals surface area contributed by atoms with Gasteiger partial charge < -0.3 is 0 Å². The lowest BCUT2D eigenvalue weighted by Crippen LogP contribution is -2.21. The Balaban J connectivity index is 2.10. The quantitative estimate of drug-likeness (QED) is 0.850. The Hall–Kier alpha value is -1.65. The fraction of sp³-hybridized carbons (Fsp3) is 0.294. The van der Waals surface area contributed by atoms with E-state index in [4.69, 9.17) is 0 Å². The Morgan fingerprint density at radius 3 is 2.10 bits per heavy atom. The van der Waals surface area contributed by atoms with Gasteiger partial charge in [-0.2, -0.15) is 0 Å². The van der Waals surface area contributed by atoms with Crippen LogP contribution in [0.15, 0.2) is 59.5 Å². The molecule has 3 nitrogen and oxygen atoms in total. The van der Waals surface area contributed by atoms with Crippen LogP contribution in [-0.4, -0.2) is 26.6 Å². The topological polar surface area (TPSA) is 37.4 Å². The molecule has 1 atom stereocenters. The Labute approximate surface area is 127 Å². The molecule has 0 aromatic heterocycles. The third-order valence-electron chi connectivity index (χ3n) is 3.73. The predicted molar refractivity (Wildman–Crippen MR) is 85.9 cm³/mol. The van der Waals surface area contributed by atoms with Gasteiger partial charge >= 0.3 is 0 Å². The van der Waals surface area contributed by atoms with Gasteiger partial charge in [0.25, 0.3) is 0 Å². The van der Waals surface area contributed by atoms with Crippen LogP contribution < -0.4 is 0 Å². The maximum absolute atomic E-state index is 11.5. The van der Waals surface area contributed by atoms with Crippen LogP contribution in [0.4, 0.5) is 0 Å². The van der Waals surface area contributed by atoms with E-state index in [0.717, 1.165) is 12.1 Å². The first-order valence-corrected chi connectivity index (χ1v) is 8.81. The first-order valence-electron chi connectivity index (χ1n) is 6.92. The van der Waals surface area contributed by atoms with Crippen LogP contribution in [-0.2, 0) is 16.4 Å². The molecule has 0 spiro atoms. The van der Waals surface area contributed by atoms with Crippen molar-refractivity contribution in [2.45, 2.75) is 24.4 Å². The number of rotatable bonds is 5. The maximum atomic E-state index is 11.5. The van der Waals surface area contributed by atoms with Gasteiger partial charge in [0, 0.05) is 18.8 Å². The number of benzene rings is 2. The zero-order chi connectivity index (χ0) is 15.5. The summed E-state index contributed by atoms with van der Waals surface area (Å²) in [6, 6.07) is 17.7. The third kappa shape index (κ3) is 4.16. The average Bonchev–Trinajstić information content (AvgIpc) is 2.46. The van der Waals surface area contributed by atoms with Crippen molar-refractivity contribution >= 4 is 9.84 Å². The maximum Gasteiger partial charge on any atom is 0.175 e. The molecule has 0 radical (unpaired) electrons. The van der Waals surface area contributed by atoms with E-state index in [1.54, 1.807) is 12.1 Å². The van der Waals surface area contributed by atoms with Crippen LogP contribution in [0.3, 0.4) is 0 Å². The summed E-state index contributed by atoms with van der Waals surface area (Å²) < 4.78 is 23.0. The second-order valence-electron chi connectivity index (χ2n) is 5.42. The standard InChI is InChI=1S/C17H21NO2S/c1-14(18(2)13-15-7-5-4-6-8-15)16-9-11-17(12-10-16)21(3,19)20/h4-12,14H,13H2,1-3H3/t14-/m1/s1. The lowest BCUT2D eigenvalue weighted by Gasteiger charge is -2.25. The summed E-state index contributed by atoms with van der Waals surface area (Å²) in [7, 11) is -1.06. The number of hydrogen-bond donors (Lipinski definition) is 0. The van der Waals surface area contributed by atoms with E-state index in [-0.39, 0.29) is 6.04 Å². The SMILES string of the molecule is C[C@H](c1ccc(S(C)(=O)=O)cc1)N(C)Cc1ccccc1.